The van der Waals surface area contributed by atoms with Crippen molar-refractivity contribution in [1.29, 1.82) is 0 Å². The lowest BCUT2D eigenvalue weighted by Gasteiger charge is -2.03. The van der Waals surface area contributed by atoms with Crippen LogP contribution in [0.5, 0.6) is 0 Å². The monoisotopic (exact) mass is 633 g/mol. The fraction of sp³-hybridized carbons (Fsp3) is 0.711. The largest absolute Gasteiger partial charge is 0.463 e. The Morgan fingerprint density at radius 3 is 1.30 bits per heavy atom. The van der Waals surface area contributed by atoms with E-state index in [0.717, 1.165) is 32.0 Å². The summed E-state index contributed by atoms with van der Waals surface area (Å²) in [6.07, 6.45) is 0.431. The molecule has 1 fully saturated rings. The van der Waals surface area contributed by atoms with Crippen LogP contribution in [0.1, 0.15) is 157 Å². The maximum atomic E-state index is 10.4. The van der Waals surface area contributed by atoms with Gasteiger partial charge in [-0.3, -0.25) is 0 Å². The van der Waals surface area contributed by atoms with Crippen LogP contribution in [0.15, 0.2) is 43.0 Å². The topological polar surface area (TPSA) is 57.3 Å². The van der Waals surface area contributed by atoms with Gasteiger partial charge in [-0.1, -0.05) is 154 Å². The van der Waals surface area contributed by atoms with E-state index in [1.165, 1.54) is 11.1 Å². The second kappa shape index (κ2) is 67.6. The lowest BCUT2D eigenvalue weighted by molar-refractivity contribution is -0.138. The highest BCUT2D eigenvalue weighted by atomic mass is 16.6. The van der Waals surface area contributed by atoms with Crippen LogP contribution in [0.4, 0.5) is 0 Å². The van der Waals surface area contributed by atoms with Crippen molar-refractivity contribution < 1.29 is 23.7 Å². The zero-order valence-corrected chi connectivity index (χ0v) is 18.1. The summed E-state index contributed by atoms with van der Waals surface area (Å²) in [5, 5.41) is 0. The van der Waals surface area contributed by atoms with E-state index in [1.807, 2.05) is 20.8 Å². The predicted molar refractivity (Wildman–Crippen MR) is 215 cm³/mol. The summed E-state index contributed by atoms with van der Waals surface area (Å²) >= 11 is 0. The normalized spacial score (nSPS) is 9.09. The minimum Gasteiger partial charge on any atom is -0.463 e. The number of esters is 1. The molecule has 1 atom stereocenters. The Hall–Kier alpha value is -1.95. The zero-order chi connectivity index (χ0) is 21.4. The van der Waals surface area contributed by atoms with E-state index >= 15 is 0 Å². The first-order valence-electron chi connectivity index (χ1n) is 9.70. The molecule has 0 N–H and O–H groups in total. The van der Waals surface area contributed by atoms with Crippen molar-refractivity contribution in [3.05, 3.63) is 54.1 Å². The van der Waals surface area contributed by atoms with Crippen LogP contribution in [-0.2, 0) is 30.3 Å². The summed E-state index contributed by atoms with van der Waals surface area (Å²) < 4.78 is 19.8. The first kappa shape index (κ1) is 105. The molecule has 1 heterocycles. The van der Waals surface area contributed by atoms with Crippen molar-refractivity contribution in [3.63, 3.8) is 0 Å². The van der Waals surface area contributed by atoms with Crippen molar-refractivity contribution >= 4 is 11.5 Å². The molecule has 0 spiro atoms. The third-order valence-corrected chi connectivity index (χ3v) is 3.45. The minimum absolute atomic E-state index is 0. The average molecular weight is 633 g/mol. The van der Waals surface area contributed by atoms with Gasteiger partial charge in [0.2, 0.25) is 0 Å². The molecule has 1 unspecified atom stereocenters. The highest BCUT2D eigenvalue weighted by molar-refractivity contribution is 5.86. The van der Waals surface area contributed by atoms with E-state index in [4.69, 9.17) is 14.2 Å². The van der Waals surface area contributed by atoms with Crippen LogP contribution < -0.4 is 0 Å². The van der Waals surface area contributed by atoms with Gasteiger partial charge in [0.1, 0.15) is 6.10 Å². The van der Waals surface area contributed by atoms with Crippen molar-refractivity contribution in [2.24, 2.45) is 0 Å². The fourth-order valence-electron chi connectivity index (χ4n) is 1.77. The van der Waals surface area contributed by atoms with Gasteiger partial charge in [0.05, 0.1) is 26.4 Å². The Labute approximate surface area is 280 Å². The SMILES string of the molecule is C.C.C.C.C.C.C.C.C.C.C.C.C.C.C.C=C(C)C(=O)OCC.C=C(C)c1ccc(COCC)cc1.CCOCC1CO1. The number of epoxide rings is 1. The van der Waals surface area contributed by atoms with Crippen molar-refractivity contribution in [1.82, 2.24) is 0 Å². The Morgan fingerprint density at radius 2 is 1.07 bits per heavy atom. The summed E-state index contributed by atoms with van der Waals surface area (Å²) in [4.78, 5) is 10.4. The third kappa shape index (κ3) is 64.2. The Bertz CT molecular complexity index is 577. The summed E-state index contributed by atoms with van der Waals surface area (Å²) in [5.74, 6) is -0.312. The molecule has 5 nitrogen and oxygen atoms in total. The number of carbonyl (C=O) groups excluding carboxylic acids is 1. The first-order valence-corrected chi connectivity index (χ1v) is 9.70. The molecule has 43 heavy (non-hydrogen) atoms. The number of benzene rings is 1. The van der Waals surface area contributed by atoms with Crippen LogP contribution in [0.25, 0.3) is 5.57 Å². The quantitative estimate of drug-likeness (QED) is 0.154. The van der Waals surface area contributed by atoms with Crippen LogP contribution >= 0.6 is 0 Å². The van der Waals surface area contributed by atoms with Crippen molar-refractivity contribution in [2.45, 2.75) is 159 Å². The van der Waals surface area contributed by atoms with Gasteiger partial charge in [0.15, 0.2) is 0 Å². The molecule has 1 aromatic rings. The second-order valence-electron chi connectivity index (χ2n) is 6.23. The van der Waals surface area contributed by atoms with Crippen LogP contribution in [0.3, 0.4) is 0 Å². The lowest BCUT2D eigenvalue weighted by atomic mass is 10.1. The van der Waals surface area contributed by atoms with Gasteiger partial charge >= 0.3 is 5.97 Å². The highest BCUT2D eigenvalue weighted by Gasteiger charge is 2.21. The number of hydrogen-bond acceptors (Lipinski definition) is 5. The molecule has 2 rings (SSSR count). The second-order valence-corrected chi connectivity index (χ2v) is 6.23. The van der Waals surface area contributed by atoms with Gasteiger partial charge in [-0.05, 0) is 45.7 Å². The predicted octanol–water partition coefficient (Wildman–Crippen LogP) is 14.3. The molecule has 278 valence electrons. The smallest absolute Gasteiger partial charge is 0.333 e. The number of carbonyl (C=O) groups is 1. The van der Waals surface area contributed by atoms with Gasteiger partial charge in [0.25, 0.3) is 0 Å². The fourth-order valence-corrected chi connectivity index (χ4v) is 1.77. The van der Waals surface area contributed by atoms with Gasteiger partial charge in [0, 0.05) is 18.8 Å². The number of rotatable bonds is 9. The molecule has 0 radical (unpaired) electrons. The average Bonchev–Trinajstić information content (AvgIpc) is 3.50. The Morgan fingerprint density at radius 1 is 0.698 bits per heavy atom. The van der Waals surface area contributed by atoms with Crippen molar-refractivity contribution in [3.8, 4) is 0 Å². The van der Waals surface area contributed by atoms with E-state index in [1.54, 1.807) is 13.8 Å². The minimum atomic E-state index is -0.312. The molecule has 0 amide bonds. The highest BCUT2D eigenvalue weighted by Crippen LogP contribution is 2.12. The van der Waals surface area contributed by atoms with Crippen LogP contribution in [0, 0.1) is 0 Å². The van der Waals surface area contributed by atoms with E-state index in [2.05, 4.69) is 42.2 Å². The molecule has 5 heteroatoms. The summed E-state index contributed by atoms with van der Waals surface area (Å²) in [7, 11) is 0. The first-order chi connectivity index (χ1) is 13.3. The van der Waals surface area contributed by atoms with Gasteiger partial charge < -0.3 is 18.9 Å². The molecule has 0 aliphatic carbocycles. The molecule has 0 bridgehead atoms. The molecule has 0 aromatic heterocycles. The lowest BCUT2D eigenvalue weighted by Crippen LogP contribution is -2.03. The third-order valence-electron chi connectivity index (χ3n) is 3.45. The van der Waals surface area contributed by atoms with Crippen LogP contribution in [-0.4, -0.2) is 45.1 Å². The summed E-state index contributed by atoms with van der Waals surface area (Å²) in [6.45, 7) is 21.1. The number of allylic oxidation sites excluding steroid dienone is 1. The molecule has 0 saturated carbocycles. The van der Waals surface area contributed by atoms with E-state index in [0.29, 0.717) is 24.9 Å². The number of ether oxygens (including phenoxy) is 4. The maximum absolute atomic E-state index is 10.4. The van der Waals surface area contributed by atoms with Gasteiger partial charge in [-0.25, -0.2) is 4.79 Å². The molecule has 1 aliphatic rings. The zero-order valence-electron chi connectivity index (χ0n) is 18.1. The van der Waals surface area contributed by atoms with E-state index in [-0.39, 0.29) is 117 Å². The Balaban J connectivity index is -0.0000000160. The van der Waals surface area contributed by atoms with E-state index < -0.39 is 0 Å². The molecule has 1 aromatic carbocycles. The molecule has 1 aliphatic heterocycles. The molecular formula is C38H96O5. The Kier molecular flexibility index (Phi) is 165. The van der Waals surface area contributed by atoms with Crippen molar-refractivity contribution in [2.75, 3.05) is 33.0 Å². The maximum Gasteiger partial charge on any atom is 0.333 e. The summed E-state index contributed by atoms with van der Waals surface area (Å²) in [6, 6.07) is 8.33. The molecule has 1 saturated heterocycles. The van der Waals surface area contributed by atoms with E-state index in [9.17, 15) is 4.79 Å². The molecular weight excluding hydrogens is 536 g/mol. The van der Waals surface area contributed by atoms with Gasteiger partial charge in [-0.2, -0.15) is 0 Å². The number of hydrogen-bond donors (Lipinski definition) is 0. The van der Waals surface area contributed by atoms with Gasteiger partial charge in [-0.15, -0.1) is 0 Å². The summed E-state index contributed by atoms with van der Waals surface area (Å²) in [5.41, 5.74) is 3.96. The standard InChI is InChI=1S/C12H16O.C6H10O2.C5H10O2.15CH4/c1-4-13-9-11-5-7-12(8-6-11)10(2)3;1-4-8-6(7)5(2)3;1-2-6-3-5-4-7-5;;;;;;;;;;;;;;;/h5-8H,2,4,9H2,1,3H3;2,4H2,1,3H3;5H,2-4H2,1H3;15*1H4. The van der Waals surface area contributed by atoms with Crippen LogP contribution in [0.2, 0.25) is 0 Å².